The zero-order valence-corrected chi connectivity index (χ0v) is 16.1. The molecule has 0 aromatic carbocycles. The molecule has 0 bridgehead atoms. The van der Waals surface area contributed by atoms with Gasteiger partial charge in [-0.25, -0.2) is 4.98 Å². The minimum absolute atomic E-state index is 0. The van der Waals surface area contributed by atoms with E-state index in [-0.39, 0.29) is 24.0 Å². The van der Waals surface area contributed by atoms with Gasteiger partial charge in [0.15, 0.2) is 5.96 Å². The number of nitrogens with one attached hydrogen (secondary N) is 2. The third-order valence-corrected chi connectivity index (χ3v) is 3.37. The van der Waals surface area contributed by atoms with Gasteiger partial charge in [-0.3, -0.25) is 9.98 Å². The minimum Gasteiger partial charge on any atom is -0.356 e. The molecule has 2 rings (SSSR count). The first kappa shape index (κ1) is 19.6. The number of nitrogens with zero attached hydrogens (tertiary/aromatic N) is 3. The van der Waals surface area contributed by atoms with Crippen LogP contribution in [0, 0.1) is 0 Å². The fourth-order valence-corrected chi connectivity index (χ4v) is 2.08. The van der Waals surface area contributed by atoms with Crippen LogP contribution in [0.1, 0.15) is 11.1 Å². The first-order valence-corrected chi connectivity index (χ1v) is 7.59. The topological polar surface area (TPSA) is 62.2 Å². The molecule has 0 saturated heterocycles. The highest BCUT2D eigenvalue weighted by Gasteiger charge is 1.99. The predicted molar refractivity (Wildman–Crippen MR) is 106 cm³/mol. The highest BCUT2D eigenvalue weighted by atomic mass is 127. The lowest BCUT2D eigenvalue weighted by molar-refractivity contribution is 0.782. The predicted octanol–water partition coefficient (Wildman–Crippen LogP) is 2.70. The molecule has 0 radical (unpaired) electrons. The van der Waals surface area contributed by atoms with Gasteiger partial charge in [0.2, 0.25) is 0 Å². The van der Waals surface area contributed by atoms with Crippen molar-refractivity contribution in [1.82, 2.24) is 20.6 Å². The van der Waals surface area contributed by atoms with Crippen LogP contribution < -0.4 is 10.6 Å². The van der Waals surface area contributed by atoms with E-state index in [2.05, 4.69) is 31.7 Å². The highest BCUT2D eigenvalue weighted by Crippen LogP contribution is 2.05. The van der Waals surface area contributed by atoms with Crippen molar-refractivity contribution >= 4 is 41.5 Å². The lowest BCUT2D eigenvalue weighted by atomic mass is 10.2. The maximum atomic E-state index is 5.77. The molecule has 0 spiro atoms. The molecule has 2 N–H and O–H groups in total. The van der Waals surface area contributed by atoms with E-state index in [0.717, 1.165) is 37.5 Å². The van der Waals surface area contributed by atoms with Gasteiger partial charge in [-0.05, 0) is 36.1 Å². The zero-order chi connectivity index (χ0) is 15.6. The second-order valence-corrected chi connectivity index (χ2v) is 5.16. The van der Waals surface area contributed by atoms with Gasteiger partial charge < -0.3 is 10.6 Å². The summed E-state index contributed by atoms with van der Waals surface area (Å²) in [5, 5.41) is 7.09. The van der Waals surface area contributed by atoms with E-state index in [1.807, 2.05) is 18.3 Å². The quantitative estimate of drug-likeness (QED) is 0.311. The smallest absolute Gasteiger partial charge is 0.190 e. The van der Waals surface area contributed by atoms with E-state index >= 15 is 0 Å². The van der Waals surface area contributed by atoms with E-state index < -0.39 is 0 Å². The fourth-order valence-electron chi connectivity index (χ4n) is 1.97. The molecule has 2 heterocycles. The third kappa shape index (κ3) is 7.60. The van der Waals surface area contributed by atoms with Crippen LogP contribution in [0.25, 0.3) is 0 Å². The van der Waals surface area contributed by atoms with Crippen LogP contribution in [0.5, 0.6) is 0 Å². The maximum absolute atomic E-state index is 5.77. The van der Waals surface area contributed by atoms with Crippen LogP contribution in [0.3, 0.4) is 0 Å². The standard InChI is InChI=1S/C16H20ClN5.HI/c1-18-16(20-9-6-13-3-2-8-19-11-13)21-10-7-14-4-5-15(17)22-12-14;/h2-5,8,11-12H,6-7,9-10H2,1H3,(H2,18,20,21);1H. The molecule has 124 valence electrons. The van der Waals surface area contributed by atoms with Gasteiger partial charge in [-0.15, -0.1) is 24.0 Å². The molecule has 2 aromatic heterocycles. The first-order chi connectivity index (χ1) is 10.8. The molecule has 0 unspecified atom stereocenters. The number of aliphatic imine (C=N–C) groups is 1. The minimum atomic E-state index is 0. The summed E-state index contributed by atoms with van der Waals surface area (Å²) in [5.74, 6) is 0.797. The highest BCUT2D eigenvalue weighted by molar-refractivity contribution is 14.0. The van der Waals surface area contributed by atoms with Crippen molar-refractivity contribution < 1.29 is 0 Å². The molecule has 0 aliphatic rings. The summed E-state index contributed by atoms with van der Waals surface area (Å²) in [6, 6.07) is 7.80. The van der Waals surface area contributed by atoms with Crippen molar-refractivity contribution in [2.24, 2.45) is 4.99 Å². The Morgan fingerprint density at radius 1 is 1.09 bits per heavy atom. The molecular formula is C16H21ClIN5. The molecule has 2 aromatic rings. The first-order valence-electron chi connectivity index (χ1n) is 7.22. The van der Waals surface area contributed by atoms with E-state index in [1.54, 1.807) is 25.5 Å². The average Bonchev–Trinajstić information content (AvgIpc) is 2.56. The summed E-state index contributed by atoms with van der Waals surface area (Å²) in [7, 11) is 1.77. The summed E-state index contributed by atoms with van der Waals surface area (Å²) in [6.07, 6.45) is 7.24. The SMILES string of the molecule is CN=C(NCCc1cccnc1)NCCc1ccc(Cl)nc1.I. The normalized spacial score (nSPS) is 10.8. The zero-order valence-electron chi connectivity index (χ0n) is 13.0. The van der Waals surface area contributed by atoms with Crippen LogP contribution in [0.2, 0.25) is 5.15 Å². The van der Waals surface area contributed by atoms with Gasteiger partial charge in [0.05, 0.1) is 0 Å². The number of pyridine rings is 2. The van der Waals surface area contributed by atoms with Crippen molar-refractivity contribution in [3.63, 3.8) is 0 Å². The lowest BCUT2D eigenvalue weighted by Gasteiger charge is -2.11. The van der Waals surface area contributed by atoms with Crippen molar-refractivity contribution in [3.8, 4) is 0 Å². The van der Waals surface area contributed by atoms with Gasteiger partial charge in [-0.1, -0.05) is 23.7 Å². The Hall–Kier alpha value is -1.41. The number of hydrogen-bond acceptors (Lipinski definition) is 3. The third-order valence-electron chi connectivity index (χ3n) is 3.15. The van der Waals surface area contributed by atoms with Crippen molar-refractivity contribution in [3.05, 3.63) is 59.1 Å². The molecule has 0 amide bonds. The van der Waals surface area contributed by atoms with E-state index in [0.29, 0.717) is 5.15 Å². The summed E-state index contributed by atoms with van der Waals surface area (Å²) in [4.78, 5) is 12.4. The summed E-state index contributed by atoms with van der Waals surface area (Å²) in [6.45, 7) is 1.60. The Labute approximate surface area is 159 Å². The Balaban J connectivity index is 0.00000264. The fraction of sp³-hybridized carbons (Fsp3) is 0.312. The van der Waals surface area contributed by atoms with Gasteiger partial charge in [0.1, 0.15) is 5.15 Å². The Bertz CT molecular complexity index is 589. The summed E-state index contributed by atoms with van der Waals surface area (Å²) >= 11 is 5.77. The van der Waals surface area contributed by atoms with Crippen molar-refractivity contribution in [2.45, 2.75) is 12.8 Å². The molecule has 23 heavy (non-hydrogen) atoms. The van der Waals surface area contributed by atoms with Gasteiger partial charge >= 0.3 is 0 Å². The number of aromatic nitrogens is 2. The van der Waals surface area contributed by atoms with E-state index in [9.17, 15) is 0 Å². The van der Waals surface area contributed by atoms with Gasteiger partial charge in [0, 0.05) is 38.7 Å². The van der Waals surface area contributed by atoms with Crippen molar-refractivity contribution in [2.75, 3.05) is 20.1 Å². The molecular weight excluding hydrogens is 425 g/mol. The number of halogens is 2. The second-order valence-electron chi connectivity index (χ2n) is 4.78. The lowest BCUT2D eigenvalue weighted by Crippen LogP contribution is -2.39. The molecule has 5 nitrogen and oxygen atoms in total. The molecule has 0 aliphatic heterocycles. The number of rotatable bonds is 6. The number of hydrogen-bond donors (Lipinski definition) is 2. The monoisotopic (exact) mass is 445 g/mol. The van der Waals surface area contributed by atoms with Gasteiger partial charge in [-0.2, -0.15) is 0 Å². The summed E-state index contributed by atoms with van der Waals surface area (Å²) in [5.41, 5.74) is 2.35. The van der Waals surface area contributed by atoms with Crippen LogP contribution in [-0.4, -0.2) is 36.1 Å². The molecule has 0 atom stereocenters. The molecule has 0 fully saturated rings. The van der Waals surface area contributed by atoms with Gasteiger partial charge in [0.25, 0.3) is 0 Å². The molecule has 7 heteroatoms. The van der Waals surface area contributed by atoms with Crippen LogP contribution in [0.15, 0.2) is 47.8 Å². The average molecular weight is 446 g/mol. The van der Waals surface area contributed by atoms with Crippen LogP contribution in [-0.2, 0) is 12.8 Å². The van der Waals surface area contributed by atoms with Crippen LogP contribution in [0.4, 0.5) is 0 Å². The summed E-state index contributed by atoms with van der Waals surface area (Å²) < 4.78 is 0. The van der Waals surface area contributed by atoms with Crippen LogP contribution >= 0.6 is 35.6 Å². The maximum Gasteiger partial charge on any atom is 0.190 e. The Morgan fingerprint density at radius 2 is 1.78 bits per heavy atom. The number of guanidine groups is 1. The largest absolute Gasteiger partial charge is 0.356 e. The van der Waals surface area contributed by atoms with E-state index in [1.165, 1.54) is 5.56 Å². The van der Waals surface area contributed by atoms with E-state index in [4.69, 9.17) is 11.6 Å². The molecule has 0 aliphatic carbocycles. The molecule has 0 saturated carbocycles. The second kappa shape index (κ2) is 11.2. The Kier molecular flexibility index (Phi) is 9.54. The Morgan fingerprint density at radius 3 is 2.30 bits per heavy atom. The van der Waals surface area contributed by atoms with Crippen molar-refractivity contribution in [1.29, 1.82) is 0 Å².